The molecule has 17 heavy (non-hydrogen) atoms. The third-order valence-electron chi connectivity index (χ3n) is 1.99. The Labute approximate surface area is 100 Å². The Morgan fingerprint density at radius 2 is 2.12 bits per heavy atom. The lowest BCUT2D eigenvalue weighted by atomic mass is 10.1. The van der Waals surface area contributed by atoms with Gasteiger partial charge in [-0.15, -0.1) is 0 Å². The zero-order valence-corrected chi connectivity index (χ0v) is 10.1. The summed E-state index contributed by atoms with van der Waals surface area (Å²) in [6.07, 6.45) is 2.59. The van der Waals surface area contributed by atoms with Crippen LogP contribution in [0.15, 0.2) is 24.3 Å². The van der Waals surface area contributed by atoms with Gasteiger partial charge in [0.05, 0.1) is 13.2 Å². The van der Waals surface area contributed by atoms with Gasteiger partial charge < -0.3 is 14.6 Å². The lowest BCUT2D eigenvalue weighted by Gasteiger charge is -2.13. The molecule has 0 fully saturated rings. The van der Waals surface area contributed by atoms with Crippen molar-refractivity contribution in [2.75, 3.05) is 7.11 Å². The van der Waals surface area contributed by atoms with E-state index in [2.05, 4.69) is 0 Å². The fourth-order valence-corrected chi connectivity index (χ4v) is 1.30. The highest BCUT2D eigenvalue weighted by molar-refractivity contribution is 5.86. The van der Waals surface area contributed by atoms with Gasteiger partial charge in [-0.1, -0.05) is 0 Å². The highest BCUT2D eigenvalue weighted by atomic mass is 16.5. The Hall–Kier alpha value is -1.97. The molecule has 0 atom stereocenters. The van der Waals surface area contributed by atoms with Crippen LogP contribution in [-0.2, 0) is 4.79 Å². The van der Waals surface area contributed by atoms with E-state index in [-0.39, 0.29) is 6.10 Å². The SMILES string of the molecule is COc1ccc(/C=C/C(=O)O)c(OC(C)C)c1. The van der Waals surface area contributed by atoms with Crippen LogP contribution in [0, 0.1) is 0 Å². The largest absolute Gasteiger partial charge is 0.497 e. The zero-order valence-electron chi connectivity index (χ0n) is 10.1. The van der Waals surface area contributed by atoms with Gasteiger partial charge in [-0.3, -0.25) is 0 Å². The van der Waals surface area contributed by atoms with E-state index in [1.807, 2.05) is 13.8 Å². The summed E-state index contributed by atoms with van der Waals surface area (Å²) < 4.78 is 10.7. The Kier molecular flexibility index (Phi) is 4.57. The quantitative estimate of drug-likeness (QED) is 0.798. The van der Waals surface area contributed by atoms with Crippen LogP contribution in [0.5, 0.6) is 11.5 Å². The molecule has 1 N–H and O–H groups in total. The molecule has 0 aliphatic rings. The Bertz CT molecular complexity index is 421. The minimum atomic E-state index is -0.990. The summed E-state index contributed by atoms with van der Waals surface area (Å²) in [4.78, 5) is 10.5. The van der Waals surface area contributed by atoms with Crippen LogP contribution in [0.1, 0.15) is 19.4 Å². The summed E-state index contributed by atoms with van der Waals surface area (Å²) in [7, 11) is 1.57. The average molecular weight is 236 g/mol. The molecule has 0 aliphatic carbocycles. The summed E-state index contributed by atoms with van der Waals surface area (Å²) >= 11 is 0. The molecular formula is C13H16O4. The maximum atomic E-state index is 10.5. The van der Waals surface area contributed by atoms with Crippen molar-refractivity contribution < 1.29 is 19.4 Å². The van der Waals surface area contributed by atoms with Crippen LogP contribution in [0.2, 0.25) is 0 Å². The van der Waals surface area contributed by atoms with Gasteiger partial charge in [-0.25, -0.2) is 4.79 Å². The van der Waals surface area contributed by atoms with Crippen LogP contribution in [-0.4, -0.2) is 24.3 Å². The normalized spacial score (nSPS) is 10.8. The van der Waals surface area contributed by atoms with E-state index in [1.54, 1.807) is 25.3 Å². The molecule has 0 saturated heterocycles. The van der Waals surface area contributed by atoms with Gasteiger partial charge in [0.25, 0.3) is 0 Å². The second kappa shape index (κ2) is 5.94. The van der Waals surface area contributed by atoms with Gasteiger partial charge in [-0.2, -0.15) is 0 Å². The van der Waals surface area contributed by atoms with Crippen LogP contribution in [0.3, 0.4) is 0 Å². The molecule has 1 rings (SSSR count). The number of carbonyl (C=O) groups is 1. The van der Waals surface area contributed by atoms with Crippen molar-refractivity contribution in [3.8, 4) is 11.5 Å². The predicted octanol–water partition coefficient (Wildman–Crippen LogP) is 2.58. The van der Waals surface area contributed by atoms with Crippen molar-refractivity contribution >= 4 is 12.0 Å². The van der Waals surface area contributed by atoms with E-state index in [9.17, 15) is 4.79 Å². The number of rotatable bonds is 5. The van der Waals surface area contributed by atoms with Gasteiger partial charge in [0, 0.05) is 17.7 Å². The summed E-state index contributed by atoms with van der Waals surface area (Å²) in [6.45, 7) is 3.81. The number of ether oxygens (including phenoxy) is 2. The molecule has 1 aromatic carbocycles. The summed E-state index contributed by atoms with van der Waals surface area (Å²) in [6, 6.07) is 5.26. The van der Waals surface area contributed by atoms with Gasteiger partial charge in [0.15, 0.2) is 0 Å². The first-order valence-corrected chi connectivity index (χ1v) is 5.28. The number of benzene rings is 1. The molecule has 4 nitrogen and oxygen atoms in total. The van der Waals surface area contributed by atoms with E-state index in [1.165, 1.54) is 6.08 Å². The molecule has 92 valence electrons. The maximum Gasteiger partial charge on any atom is 0.328 e. The van der Waals surface area contributed by atoms with Gasteiger partial charge in [0.2, 0.25) is 0 Å². The lowest BCUT2D eigenvalue weighted by molar-refractivity contribution is -0.131. The molecule has 0 unspecified atom stereocenters. The zero-order chi connectivity index (χ0) is 12.8. The molecule has 4 heteroatoms. The number of hydrogen-bond acceptors (Lipinski definition) is 3. The van der Waals surface area contributed by atoms with Crippen molar-refractivity contribution in [2.24, 2.45) is 0 Å². The van der Waals surface area contributed by atoms with Crippen molar-refractivity contribution in [2.45, 2.75) is 20.0 Å². The topological polar surface area (TPSA) is 55.8 Å². The van der Waals surface area contributed by atoms with Gasteiger partial charge in [0.1, 0.15) is 11.5 Å². The standard InChI is InChI=1S/C13H16O4/c1-9(2)17-12-8-11(16-3)6-4-10(12)5-7-13(14)15/h4-9H,1-3H3,(H,14,15)/b7-5+. The van der Waals surface area contributed by atoms with Gasteiger partial charge in [-0.05, 0) is 32.1 Å². The van der Waals surface area contributed by atoms with Crippen LogP contribution >= 0.6 is 0 Å². The lowest BCUT2D eigenvalue weighted by Crippen LogP contribution is -2.06. The number of carboxylic acids is 1. The first-order valence-electron chi connectivity index (χ1n) is 5.28. The van der Waals surface area contributed by atoms with Crippen LogP contribution in [0.25, 0.3) is 6.08 Å². The van der Waals surface area contributed by atoms with Crippen LogP contribution < -0.4 is 9.47 Å². The number of hydrogen-bond donors (Lipinski definition) is 1. The molecule has 1 aromatic rings. The fraction of sp³-hybridized carbons (Fsp3) is 0.308. The fourth-order valence-electron chi connectivity index (χ4n) is 1.30. The smallest absolute Gasteiger partial charge is 0.328 e. The summed E-state index contributed by atoms with van der Waals surface area (Å²) in [5.41, 5.74) is 0.710. The second-order valence-corrected chi connectivity index (χ2v) is 3.74. The minimum absolute atomic E-state index is 0.0130. The molecule has 0 aromatic heterocycles. The molecular weight excluding hydrogens is 220 g/mol. The molecule has 0 bridgehead atoms. The highest BCUT2D eigenvalue weighted by Crippen LogP contribution is 2.26. The van der Waals surface area contributed by atoms with E-state index in [0.29, 0.717) is 17.1 Å². The Morgan fingerprint density at radius 3 is 2.65 bits per heavy atom. The third kappa shape index (κ3) is 4.18. The molecule has 0 saturated carbocycles. The molecule has 0 spiro atoms. The highest BCUT2D eigenvalue weighted by Gasteiger charge is 2.05. The number of aliphatic carboxylic acids is 1. The van der Waals surface area contributed by atoms with Gasteiger partial charge >= 0.3 is 5.97 Å². The number of methoxy groups -OCH3 is 1. The third-order valence-corrected chi connectivity index (χ3v) is 1.99. The average Bonchev–Trinajstić information content (AvgIpc) is 2.26. The van der Waals surface area contributed by atoms with E-state index >= 15 is 0 Å². The van der Waals surface area contributed by atoms with Crippen molar-refractivity contribution in [3.05, 3.63) is 29.8 Å². The molecule has 0 amide bonds. The minimum Gasteiger partial charge on any atom is -0.497 e. The monoisotopic (exact) mass is 236 g/mol. The molecule has 0 aliphatic heterocycles. The van der Waals surface area contributed by atoms with Crippen molar-refractivity contribution in [1.82, 2.24) is 0 Å². The first kappa shape index (κ1) is 13.1. The predicted molar refractivity (Wildman–Crippen MR) is 65.4 cm³/mol. The van der Waals surface area contributed by atoms with E-state index in [4.69, 9.17) is 14.6 Å². The molecule has 0 radical (unpaired) electrons. The number of carboxylic acid groups (broad SMARTS) is 1. The van der Waals surface area contributed by atoms with Crippen molar-refractivity contribution in [3.63, 3.8) is 0 Å². The maximum absolute atomic E-state index is 10.5. The van der Waals surface area contributed by atoms with Crippen molar-refractivity contribution in [1.29, 1.82) is 0 Å². The summed E-state index contributed by atoms with van der Waals surface area (Å²) in [5, 5.41) is 8.60. The summed E-state index contributed by atoms with van der Waals surface area (Å²) in [5.74, 6) is 0.293. The Balaban J connectivity index is 3.05. The Morgan fingerprint density at radius 1 is 1.41 bits per heavy atom. The van der Waals surface area contributed by atoms with E-state index < -0.39 is 5.97 Å². The molecule has 0 heterocycles. The van der Waals surface area contributed by atoms with Crippen LogP contribution in [0.4, 0.5) is 0 Å². The van der Waals surface area contributed by atoms with E-state index in [0.717, 1.165) is 6.08 Å². The second-order valence-electron chi connectivity index (χ2n) is 3.74. The first-order chi connectivity index (χ1) is 8.02.